The van der Waals surface area contributed by atoms with E-state index in [1.165, 1.54) is 25.7 Å². The van der Waals surface area contributed by atoms with E-state index in [4.69, 9.17) is 4.74 Å². The topological polar surface area (TPSA) is 29.5 Å². The van der Waals surface area contributed by atoms with Crippen molar-refractivity contribution < 1.29 is 9.53 Å². The van der Waals surface area contributed by atoms with E-state index in [1.807, 2.05) is 13.8 Å². The summed E-state index contributed by atoms with van der Waals surface area (Å²) in [5.41, 5.74) is 0.526. The van der Waals surface area contributed by atoms with Crippen LogP contribution in [0.15, 0.2) is 0 Å². The second-order valence-corrected chi connectivity index (χ2v) is 5.52. The molecule has 100 valence electrons. The number of rotatable bonds is 5. The van der Waals surface area contributed by atoms with Gasteiger partial charge in [0.2, 0.25) is 0 Å². The van der Waals surface area contributed by atoms with E-state index in [-0.39, 0.29) is 12.1 Å². The molecule has 0 atom stereocenters. The molecule has 0 aromatic heterocycles. The Morgan fingerprint density at radius 1 is 1.24 bits per heavy atom. The molecular weight excluding hydrogens is 214 g/mol. The maximum Gasteiger partial charge on any atom is 0.320 e. The molecule has 0 unspecified atom stereocenters. The van der Waals surface area contributed by atoms with Crippen LogP contribution in [0.4, 0.5) is 0 Å². The van der Waals surface area contributed by atoms with Gasteiger partial charge in [-0.05, 0) is 45.2 Å². The number of carbonyl (C=O) groups excluding carboxylic acids is 1. The summed E-state index contributed by atoms with van der Waals surface area (Å²) in [6.07, 6.45) is 4.95. The van der Waals surface area contributed by atoms with Gasteiger partial charge >= 0.3 is 5.97 Å². The highest BCUT2D eigenvalue weighted by Gasteiger charge is 2.31. The Labute approximate surface area is 106 Å². The summed E-state index contributed by atoms with van der Waals surface area (Å²) >= 11 is 0. The third-order valence-corrected chi connectivity index (χ3v) is 4.14. The van der Waals surface area contributed by atoms with Crippen LogP contribution in [-0.2, 0) is 9.53 Å². The first-order valence-corrected chi connectivity index (χ1v) is 6.93. The summed E-state index contributed by atoms with van der Waals surface area (Å²) in [4.78, 5) is 13.8. The Morgan fingerprint density at radius 3 is 2.18 bits per heavy atom. The fraction of sp³-hybridized carbons (Fsp3) is 0.929. The van der Waals surface area contributed by atoms with Gasteiger partial charge in [-0.3, -0.25) is 9.69 Å². The molecule has 1 saturated heterocycles. The number of hydrogen-bond donors (Lipinski definition) is 0. The van der Waals surface area contributed by atoms with Crippen molar-refractivity contribution in [3.8, 4) is 0 Å². The number of hydrogen-bond acceptors (Lipinski definition) is 3. The first kappa shape index (κ1) is 14.5. The highest BCUT2D eigenvalue weighted by molar-refractivity contribution is 5.71. The van der Waals surface area contributed by atoms with E-state index < -0.39 is 0 Å². The van der Waals surface area contributed by atoms with Crippen LogP contribution in [-0.4, -0.2) is 36.6 Å². The number of piperidine rings is 1. The van der Waals surface area contributed by atoms with E-state index in [2.05, 4.69) is 18.7 Å². The molecule has 0 N–H and O–H groups in total. The molecule has 0 amide bonds. The largest absolute Gasteiger partial charge is 0.462 e. The van der Waals surface area contributed by atoms with Crippen molar-refractivity contribution in [1.82, 2.24) is 4.90 Å². The lowest BCUT2D eigenvalue weighted by Gasteiger charge is -2.40. The maximum atomic E-state index is 11.6. The SMILES string of the molecule is CCC1(CC)CCN(CC(=O)OC(C)C)CC1. The van der Waals surface area contributed by atoms with E-state index in [0.717, 1.165) is 13.1 Å². The zero-order valence-corrected chi connectivity index (χ0v) is 11.8. The Bertz CT molecular complexity index is 237. The van der Waals surface area contributed by atoms with Crippen LogP contribution >= 0.6 is 0 Å². The zero-order valence-electron chi connectivity index (χ0n) is 11.8. The van der Waals surface area contributed by atoms with E-state index in [0.29, 0.717) is 12.0 Å². The molecule has 1 fully saturated rings. The standard InChI is InChI=1S/C14H27NO2/c1-5-14(6-2)7-9-15(10-8-14)11-13(16)17-12(3)4/h12H,5-11H2,1-4H3. The molecular formula is C14H27NO2. The van der Waals surface area contributed by atoms with Gasteiger partial charge in [-0.2, -0.15) is 0 Å². The fourth-order valence-electron chi connectivity index (χ4n) is 2.63. The van der Waals surface area contributed by atoms with E-state index >= 15 is 0 Å². The van der Waals surface area contributed by atoms with Gasteiger partial charge in [-0.1, -0.05) is 26.7 Å². The Kier molecular flexibility index (Phi) is 5.44. The van der Waals surface area contributed by atoms with Gasteiger partial charge in [0.25, 0.3) is 0 Å². The molecule has 0 bridgehead atoms. The Hall–Kier alpha value is -0.570. The highest BCUT2D eigenvalue weighted by Crippen LogP contribution is 2.37. The molecule has 0 aromatic rings. The molecule has 0 aromatic carbocycles. The lowest BCUT2D eigenvalue weighted by molar-refractivity contribution is -0.149. The third-order valence-electron chi connectivity index (χ3n) is 4.14. The van der Waals surface area contributed by atoms with Crippen LogP contribution < -0.4 is 0 Å². The minimum atomic E-state index is -0.0829. The van der Waals surface area contributed by atoms with Crippen molar-refractivity contribution in [2.45, 2.75) is 59.5 Å². The van der Waals surface area contributed by atoms with Crippen LogP contribution in [0.1, 0.15) is 53.4 Å². The van der Waals surface area contributed by atoms with Gasteiger partial charge in [-0.15, -0.1) is 0 Å². The van der Waals surface area contributed by atoms with Gasteiger partial charge in [0.1, 0.15) is 0 Å². The van der Waals surface area contributed by atoms with Crippen molar-refractivity contribution >= 4 is 5.97 Å². The molecule has 3 heteroatoms. The number of nitrogens with zero attached hydrogens (tertiary/aromatic N) is 1. The normalized spacial score (nSPS) is 20.5. The number of ether oxygens (including phenoxy) is 1. The summed E-state index contributed by atoms with van der Waals surface area (Å²) in [6, 6.07) is 0. The molecule has 1 aliphatic rings. The van der Waals surface area contributed by atoms with Gasteiger partial charge < -0.3 is 4.74 Å². The predicted octanol–water partition coefficient (Wildman–Crippen LogP) is 2.84. The fourth-order valence-corrected chi connectivity index (χ4v) is 2.63. The number of esters is 1. The summed E-state index contributed by atoms with van der Waals surface area (Å²) in [6.45, 7) is 10.9. The van der Waals surface area contributed by atoms with Gasteiger partial charge in [0.15, 0.2) is 0 Å². The van der Waals surface area contributed by atoms with Crippen LogP contribution in [0.25, 0.3) is 0 Å². The molecule has 0 aliphatic carbocycles. The molecule has 1 rings (SSSR count). The first-order valence-electron chi connectivity index (χ1n) is 6.93. The van der Waals surface area contributed by atoms with Crippen molar-refractivity contribution in [1.29, 1.82) is 0 Å². The zero-order chi connectivity index (χ0) is 12.9. The maximum absolute atomic E-state index is 11.6. The smallest absolute Gasteiger partial charge is 0.320 e. The predicted molar refractivity (Wildman–Crippen MR) is 69.9 cm³/mol. The van der Waals surface area contributed by atoms with Crippen molar-refractivity contribution in [3.63, 3.8) is 0 Å². The molecule has 1 aliphatic heterocycles. The molecule has 3 nitrogen and oxygen atoms in total. The van der Waals surface area contributed by atoms with Gasteiger partial charge in [0.05, 0.1) is 12.6 Å². The molecule has 17 heavy (non-hydrogen) atoms. The highest BCUT2D eigenvalue weighted by atomic mass is 16.5. The Morgan fingerprint density at radius 2 is 1.76 bits per heavy atom. The molecule has 0 spiro atoms. The van der Waals surface area contributed by atoms with Crippen LogP contribution in [0.2, 0.25) is 0 Å². The van der Waals surface area contributed by atoms with Crippen molar-refractivity contribution in [3.05, 3.63) is 0 Å². The molecule has 0 saturated carbocycles. The minimum absolute atomic E-state index is 0.00216. The monoisotopic (exact) mass is 241 g/mol. The van der Waals surface area contributed by atoms with Gasteiger partial charge in [-0.25, -0.2) is 0 Å². The summed E-state index contributed by atoms with van der Waals surface area (Å²) < 4.78 is 5.18. The van der Waals surface area contributed by atoms with Crippen LogP contribution in [0.5, 0.6) is 0 Å². The van der Waals surface area contributed by atoms with Crippen molar-refractivity contribution in [2.24, 2.45) is 5.41 Å². The molecule has 1 heterocycles. The lowest BCUT2D eigenvalue weighted by Crippen LogP contribution is -2.42. The summed E-state index contributed by atoms with van der Waals surface area (Å²) in [7, 11) is 0. The van der Waals surface area contributed by atoms with Gasteiger partial charge in [0, 0.05) is 0 Å². The average molecular weight is 241 g/mol. The summed E-state index contributed by atoms with van der Waals surface area (Å²) in [5, 5.41) is 0. The second-order valence-electron chi connectivity index (χ2n) is 5.52. The lowest BCUT2D eigenvalue weighted by atomic mass is 9.74. The molecule has 0 radical (unpaired) electrons. The minimum Gasteiger partial charge on any atom is -0.462 e. The summed E-state index contributed by atoms with van der Waals surface area (Å²) in [5.74, 6) is -0.0829. The van der Waals surface area contributed by atoms with E-state index in [9.17, 15) is 4.79 Å². The van der Waals surface area contributed by atoms with Crippen LogP contribution in [0.3, 0.4) is 0 Å². The number of carbonyl (C=O) groups is 1. The quantitative estimate of drug-likeness (QED) is 0.693. The van der Waals surface area contributed by atoms with Crippen LogP contribution in [0, 0.1) is 5.41 Å². The van der Waals surface area contributed by atoms with Crippen molar-refractivity contribution in [2.75, 3.05) is 19.6 Å². The van der Waals surface area contributed by atoms with E-state index in [1.54, 1.807) is 0 Å². The Balaban J connectivity index is 2.34. The number of likely N-dealkylation sites (tertiary alicyclic amines) is 1. The third kappa shape index (κ3) is 4.30. The average Bonchev–Trinajstić information content (AvgIpc) is 2.29. The second kappa shape index (κ2) is 6.39. The first-order chi connectivity index (χ1) is 8.01.